The van der Waals surface area contributed by atoms with E-state index in [1.54, 1.807) is 6.08 Å². The van der Waals surface area contributed by atoms with Crippen LogP contribution < -0.4 is 10.4 Å². The van der Waals surface area contributed by atoms with Gasteiger partial charge in [-0.2, -0.15) is 0 Å². The van der Waals surface area contributed by atoms with Gasteiger partial charge in [-0.05, 0) is 56.2 Å². The third-order valence-electron chi connectivity index (χ3n) is 4.43. The van der Waals surface area contributed by atoms with Gasteiger partial charge in [0.05, 0.1) is 6.61 Å². The smallest absolute Gasteiger partial charge is 0.336 e. The number of benzene rings is 2. The quantitative estimate of drug-likeness (QED) is 0.357. The van der Waals surface area contributed by atoms with E-state index in [1.165, 1.54) is 12.1 Å². The van der Waals surface area contributed by atoms with Crippen LogP contribution in [0.3, 0.4) is 0 Å². The van der Waals surface area contributed by atoms with Crippen molar-refractivity contribution in [1.29, 1.82) is 0 Å². The lowest BCUT2D eigenvalue weighted by Crippen LogP contribution is -2.06. The van der Waals surface area contributed by atoms with Crippen LogP contribution in [-0.4, -0.2) is 12.6 Å². The van der Waals surface area contributed by atoms with Crippen molar-refractivity contribution >= 4 is 23.0 Å². The zero-order chi connectivity index (χ0) is 20.1. The number of aryl methyl sites for hydroxylation is 2. The first-order valence-electron chi connectivity index (χ1n) is 9.08. The number of hydrogen-bond acceptors (Lipinski definition) is 5. The van der Waals surface area contributed by atoms with Crippen LogP contribution in [0, 0.1) is 13.8 Å². The van der Waals surface area contributed by atoms with Crippen LogP contribution in [0.5, 0.6) is 5.75 Å². The van der Waals surface area contributed by atoms with Crippen molar-refractivity contribution in [3.8, 4) is 5.75 Å². The highest BCUT2D eigenvalue weighted by molar-refractivity contribution is 5.88. The summed E-state index contributed by atoms with van der Waals surface area (Å²) in [7, 11) is 0. The largest absolute Gasteiger partial charge is 0.493 e. The van der Waals surface area contributed by atoms with Crippen LogP contribution >= 0.6 is 0 Å². The molecule has 0 atom stereocenters. The molecule has 0 aliphatic heterocycles. The predicted molar refractivity (Wildman–Crippen MR) is 108 cm³/mol. The minimum Gasteiger partial charge on any atom is -0.493 e. The summed E-state index contributed by atoms with van der Waals surface area (Å²) in [5.74, 6) is 0.197. The Morgan fingerprint density at radius 1 is 1.11 bits per heavy atom. The van der Waals surface area contributed by atoms with Crippen LogP contribution in [0.4, 0.5) is 0 Å². The van der Waals surface area contributed by atoms with Gasteiger partial charge in [0.2, 0.25) is 0 Å². The number of fused-ring (bicyclic) bond motifs is 1. The fourth-order valence-electron chi connectivity index (χ4n) is 2.86. The summed E-state index contributed by atoms with van der Waals surface area (Å²) in [6.45, 7) is 6.36. The summed E-state index contributed by atoms with van der Waals surface area (Å²) in [5.41, 5.74) is 3.52. The average molecular weight is 378 g/mol. The zero-order valence-electron chi connectivity index (χ0n) is 16.2. The Bertz CT molecular complexity index is 1090. The fraction of sp³-hybridized carbons (Fsp3) is 0.217. The van der Waals surface area contributed by atoms with Crippen molar-refractivity contribution in [2.75, 3.05) is 6.61 Å². The van der Waals surface area contributed by atoms with Gasteiger partial charge in [-0.3, -0.25) is 0 Å². The molecule has 1 heterocycles. The van der Waals surface area contributed by atoms with E-state index in [1.807, 2.05) is 57.2 Å². The van der Waals surface area contributed by atoms with Crippen LogP contribution in [-0.2, 0) is 16.1 Å². The number of para-hydroxylation sites is 1. The minimum atomic E-state index is -0.503. The monoisotopic (exact) mass is 378 g/mol. The second-order valence-corrected chi connectivity index (χ2v) is 6.44. The van der Waals surface area contributed by atoms with Crippen molar-refractivity contribution in [2.24, 2.45) is 0 Å². The number of esters is 1. The Morgan fingerprint density at radius 2 is 1.86 bits per heavy atom. The highest BCUT2D eigenvalue weighted by atomic mass is 16.5. The summed E-state index contributed by atoms with van der Waals surface area (Å²) in [4.78, 5) is 24.0. The van der Waals surface area contributed by atoms with E-state index in [0.29, 0.717) is 23.5 Å². The molecule has 5 nitrogen and oxygen atoms in total. The van der Waals surface area contributed by atoms with Crippen molar-refractivity contribution in [3.05, 3.63) is 81.2 Å². The van der Waals surface area contributed by atoms with Gasteiger partial charge in [-0.1, -0.05) is 18.2 Å². The summed E-state index contributed by atoms with van der Waals surface area (Å²) < 4.78 is 16.1. The van der Waals surface area contributed by atoms with Crippen molar-refractivity contribution < 1.29 is 18.7 Å². The molecular formula is C23H22O5. The Kier molecular flexibility index (Phi) is 5.94. The second-order valence-electron chi connectivity index (χ2n) is 6.44. The van der Waals surface area contributed by atoms with Crippen molar-refractivity contribution in [2.45, 2.75) is 27.4 Å². The Labute approximate surface area is 163 Å². The normalized spacial score (nSPS) is 11.1. The molecule has 0 saturated carbocycles. The van der Waals surface area contributed by atoms with Gasteiger partial charge in [-0.25, -0.2) is 9.59 Å². The number of hydrogen-bond donors (Lipinski definition) is 0. The molecule has 0 saturated heterocycles. The molecule has 0 bridgehead atoms. The Hall–Kier alpha value is -3.34. The molecule has 0 aliphatic carbocycles. The van der Waals surface area contributed by atoms with E-state index < -0.39 is 11.6 Å². The SMILES string of the molecule is CCOc1ccccc1/C=C/C(=O)OCc1cc(=O)oc2cc(C)c(C)cc12. The molecule has 28 heavy (non-hydrogen) atoms. The molecule has 0 unspecified atom stereocenters. The lowest BCUT2D eigenvalue weighted by atomic mass is 10.0. The average Bonchev–Trinajstić information content (AvgIpc) is 2.67. The molecule has 1 aromatic heterocycles. The zero-order valence-corrected chi connectivity index (χ0v) is 16.2. The first kappa shape index (κ1) is 19.4. The van der Waals surface area contributed by atoms with E-state index in [4.69, 9.17) is 13.9 Å². The topological polar surface area (TPSA) is 65.7 Å². The number of ether oxygens (including phenoxy) is 2. The predicted octanol–water partition coefficient (Wildman–Crippen LogP) is 4.57. The van der Waals surface area contributed by atoms with E-state index in [9.17, 15) is 9.59 Å². The molecule has 0 fully saturated rings. The third-order valence-corrected chi connectivity index (χ3v) is 4.43. The van der Waals surface area contributed by atoms with Gasteiger partial charge in [-0.15, -0.1) is 0 Å². The molecule has 0 spiro atoms. The maximum absolute atomic E-state index is 12.1. The maximum Gasteiger partial charge on any atom is 0.336 e. The molecule has 144 valence electrons. The molecular weight excluding hydrogens is 356 g/mol. The molecule has 0 radical (unpaired) electrons. The standard InChI is InChI=1S/C23H22O5/c1-4-26-20-8-6-5-7-17(20)9-10-22(24)27-14-18-13-23(25)28-21-12-16(3)15(2)11-19(18)21/h5-13H,4,14H2,1-3H3/b10-9+. The van der Waals surface area contributed by atoms with Gasteiger partial charge in [0.15, 0.2) is 0 Å². The number of rotatable bonds is 6. The van der Waals surface area contributed by atoms with E-state index in [0.717, 1.165) is 22.1 Å². The second kappa shape index (κ2) is 8.57. The molecule has 0 aliphatic rings. The number of carbonyl (C=O) groups is 1. The van der Waals surface area contributed by atoms with Gasteiger partial charge >= 0.3 is 11.6 Å². The van der Waals surface area contributed by atoms with Gasteiger partial charge < -0.3 is 13.9 Å². The summed E-state index contributed by atoms with van der Waals surface area (Å²) in [5, 5.41) is 0.765. The van der Waals surface area contributed by atoms with Crippen molar-refractivity contribution in [1.82, 2.24) is 0 Å². The van der Waals surface area contributed by atoms with Gasteiger partial charge in [0.25, 0.3) is 0 Å². The lowest BCUT2D eigenvalue weighted by molar-refractivity contribution is -0.138. The molecule has 5 heteroatoms. The molecule has 3 aromatic rings. The van der Waals surface area contributed by atoms with Crippen molar-refractivity contribution in [3.63, 3.8) is 0 Å². The minimum absolute atomic E-state index is 0.0130. The summed E-state index contributed by atoms with van der Waals surface area (Å²) >= 11 is 0. The highest BCUT2D eigenvalue weighted by Crippen LogP contribution is 2.22. The maximum atomic E-state index is 12.1. The Balaban J connectivity index is 1.76. The third kappa shape index (κ3) is 4.49. The molecule has 0 N–H and O–H groups in total. The molecule has 2 aromatic carbocycles. The summed E-state index contributed by atoms with van der Waals surface area (Å²) in [6.07, 6.45) is 3.00. The summed E-state index contributed by atoms with van der Waals surface area (Å²) in [6, 6.07) is 12.6. The Morgan fingerprint density at radius 3 is 2.64 bits per heavy atom. The molecule has 0 amide bonds. The fourth-order valence-corrected chi connectivity index (χ4v) is 2.86. The highest BCUT2D eigenvalue weighted by Gasteiger charge is 2.10. The van der Waals surface area contributed by atoms with E-state index in [-0.39, 0.29) is 6.61 Å². The van der Waals surface area contributed by atoms with Gasteiger partial charge in [0, 0.05) is 28.7 Å². The molecule has 3 rings (SSSR count). The van der Waals surface area contributed by atoms with Crippen LogP contribution in [0.2, 0.25) is 0 Å². The van der Waals surface area contributed by atoms with Crippen LogP contribution in [0.1, 0.15) is 29.2 Å². The van der Waals surface area contributed by atoms with Crippen LogP contribution in [0.25, 0.3) is 17.0 Å². The van der Waals surface area contributed by atoms with E-state index in [2.05, 4.69) is 0 Å². The van der Waals surface area contributed by atoms with E-state index >= 15 is 0 Å². The van der Waals surface area contributed by atoms with Gasteiger partial charge in [0.1, 0.15) is 17.9 Å². The first-order valence-corrected chi connectivity index (χ1v) is 9.08. The number of carbonyl (C=O) groups excluding carboxylic acids is 1. The van der Waals surface area contributed by atoms with Crippen LogP contribution in [0.15, 0.2) is 57.8 Å². The lowest BCUT2D eigenvalue weighted by Gasteiger charge is -2.08. The first-order chi connectivity index (χ1) is 13.5.